The standard InChI is InChI=1S/C35H48N2O3/c1-31(2)26-14-16-34(5)27(32(26,3)19-22-21-9-6-7-11-25(21)37-29(22)31)13-12-23-24-10-8-15-35(24,18-17-33(23,34)4)30(40)36-20-28(38)39/h6-7,9,11,23-24,26-27,37H,8,10,12-20H2,1-5H3,(H,36,40)(H,38,39)/t23?,24?,26?,27?,32-,33+,34+,35-/m0/s1. The first-order valence-electron chi connectivity index (χ1n) is 16.0. The number of amides is 1. The molecule has 1 amide bonds. The second-order valence-corrected chi connectivity index (χ2v) is 15.8. The molecule has 4 unspecified atom stereocenters. The molecule has 5 aliphatic rings. The number of rotatable bonds is 3. The predicted octanol–water partition coefficient (Wildman–Crippen LogP) is 7.24. The molecule has 2 aromatic rings. The van der Waals surface area contributed by atoms with Crippen molar-refractivity contribution in [2.24, 2.45) is 45.3 Å². The average Bonchev–Trinajstić information content (AvgIpc) is 3.50. The summed E-state index contributed by atoms with van der Waals surface area (Å²) in [4.78, 5) is 28.7. The number of aromatic nitrogens is 1. The number of aliphatic carboxylic acids is 1. The molecule has 1 aromatic carbocycles. The highest BCUT2D eigenvalue weighted by molar-refractivity contribution is 5.87. The van der Waals surface area contributed by atoms with E-state index < -0.39 is 5.97 Å². The molecule has 0 aliphatic heterocycles. The van der Waals surface area contributed by atoms with Gasteiger partial charge in [0, 0.05) is 22.0 Å². The quantitative estimate of drug-likeness (QED) is 0.381. The summed E-state index contributed by atoms with van der Waals surface area (Å²) >= 11 is 0. The van der Waals surface area contributed by atoms with Crippen molar-refractivity contribution in [3.05, 3.63) is 35.5 Å². The van der Waals surface area contributed by atoms with Crippen LogP contribution in [0.5, 0.6) is 0 Å². The molecule has 40 heavy (non-hydrogen) atoms. The Morgan fingerprint density at radius 2 is 1.68 bits per heavy atom. The number of carboxylic acid groups (broad SMARTS) is 1. The average molecular weight is 545 g/mol. The second-order valence-electron chi connectivity index (χ2n) is 15.8. The number of benzene rings is 1. The number of aromatic amines is 1. The topological polar surface area (TPSA) is 82.2 Å². The zero-order valence-corrected chi connectivity index (χ0v) is 25.2. The zero-order valence-electron chi connectivity index (χ0n) is 25.2. The maximum atomic E-state index is 13.6. The first-order chi connectivity index (χ1) is 18.9. The Bertz CT molecular complexity index is 1390. The van der Waals surface area contributed by atoms with E-state index in [0.717, 1.165) is 38.5 Å². The lowest BCUT2D eigenvalue weighted by Gasteiger charge is -2.72. The van der Waals surface area contributed by atoms with Gasteiger partial charge in [0.25, 0.3) is 0 Å². The first kappa shape index (κ1) is 26.6. The van der Waals surface area contributed by atoms with Crippen LogP contribution in [0.2, 0.25) is 0 Å². The molecule has 0 spiro atoms. The molecular weight excluding hydrogens is 496 g/mol. The molecule has 0 radical (unpaired) electrons. The summed E-state index contributed by atoms with van der Waals surface area (Å²) < 4.78 is 0. The molecule has 4 fully saturated rings. The van der Waals surface area contributed by atoms with Crippen LogP contribution in [0.4, 0.5) is 0 Å². The van der Waals surface area contributed by atoms with E-state index in [0.29, 0.717) is 23.7 Å². The number of carbonyl (C=O) groups excluding carboxylic acids is 1. The van der Waals surface area contributed by atoms with Crippen LogP contribution in [0.3, 0.4) is 0 Å². The highest BCUT2D eigenvalue weighted by Crippen LogP contribution is 2.76. The van der Waals surface area contributed by atoms with Gasteiger partial charge in [-0.2, -0.15) is 0 Å². The summed E-state index contributed by atoms with van der Waals surface area (Å²) in [5.74, 6) is 1.30. The largest absolute Gasteiger partial charge is 0.480 e. The molecule has 1 aromatic heterocycles. The number of fused-ring (bicyclic) bond motifs is 10. The zero-order chi connectivity index (χ0) is 28.3. The van der Waals surface area contributed by atoms with Gasteiger partial charge in [-0.15, -0.1) is 0 Å². The molecule has 0 saturated heterocycles. The van der Waals surface area contributed by atoms with Gasteiger partial charge in [0.2, 0.25) is 5.91 Å². The second kappa shape index (κ2) is 8.38. The minimum atomic E-state index is -0.952. The van der Waals surface area contributed by atoms with Gasteiger partial charge in [-0.1, -0.05) is 59.2 Å². The van der Waals surface area contributed by atoms with E-state index in [1.807, 2.05) is 0 Å². The van der Waals surface area contributed by atoms with Gasteiger partial charge in [0.05, 0.1) is 5.41 Å². The Morgan fingerprint density at radius 3 is 2.45 bits per heavy atom. The van der Waals surface area contributed by atoms with Crippen molar-refractivity contribution in [1.29, 1.82) is 0 Å². The Balaban J connectivity index is 1.26. The van der Waals surface area contributed by atoms with Crippen molar-refractivity contribution in [3.63, 3.8) is 0 Å². The Hall–Kier alpha value is -2.30. The minimum absolute atomic E-state index is 0.0169. The third kappa shape index (κ3) is 3.16. The smallest absolute Gasteiger partial charge is 0.322 e. The number of carbonyl (C=O) groups is 2. The maximum Gasteiger partial charge on any atom is 0.322 e. The number of hydrogen-bond donors (Lipinski definition) is 3. The fourth-order valence-corrected chi connectivity index (χ4v) is 12.6. The molecular formula is C35H48N2O3. The Kier molecular flexibility index (Phi) is 5.57. The minimum Gasteiger partial charge on any atom is -0.480 e. The van der Waals surface area contributed by atoms with Crippen LogP contribution in [0.25, 0.3) is 10.9 Å². The highest BCUT2D eigenvalue weighted by atomic mass is 16.4. The first-order valence-corrected chi connectivity index (χ1v) is 16.0. The van der Waals surface area contributed by atoms with Gasteiger partial charge < -0.3 is 15.4 Å². The third-order valence-electron chi connectivity index (χ3n) is 14.4. The van der Waals surface area contributed by atoms with Crippen LogP contribution >= 0.6 is 0 Å². The number of carboxylic acids is 1. The summed E-state index contributed by atoms with van der Waals surface area (Å²) in [5, 5.41) is 13.5. The van der Waals surface area contributed by atoms with Gasteiger partial charge in [0.1, 0.15) is 6.54 Å². The van der Waals surface area contributed by atoms with E-state index in [2.05, 4.69) is 69.2 Å². The van der Waals surface area contributed by atoms with Crippen molar-refractivity contribution in [2.75, 3.05) is 6.54 Å². The molecule has 4 saturated carbocycles. The molecule has 5 nitrogen and oxygen atoms in total. The van der Waals surface area contributed by atoms with E-state index in [9.17, 15) is 14.7 Å². The lowest BCUT2D eigenvalue weighted by molar-refractivity contribution is -0.222. The van der Waals surface area contributed by atoms with E-state index in [-0.39, 0.29) is 39.5 Å². The SMILES string of the molecule is CC1(C)c2[nH]c3ccccc3c2C[C@@]2(C)C1CC[C@]1(C)C2CCC2C3CCC[C@]3(C(=O)NCC(=O)O)CC[C@]21C. The van der Waals surface area contributed by atoms with E-state index >= 15 is 0 Å². The molecule has 0 bridgehead atoms. The molecule has 8 atom stereocenters. The van der Waals surface area contributed by atoms with Gasteiger partial charge in [-0.3, -0.25) is 9.59 Å². The van der Waals surface area contributed by atoms with Gasteiger partial charge in [0.15, 0.2) is 0 Å². The normalized spacial score (nSPS) is 43.1. The lowest BCUT2D eigenvalue weighted by atomic mass is 9.32. The molecule has 7 rings (SSSR count). The van der Waals surface area contributed by atoms with Gasteiger partial charge in [-0.25, -0.2) is 0 Å². The van der Waals surface area contributed by atoms with Crippen molar-refractivity contribution in [2.45, 2.75) is 104 Å². The van der Waals surface area contributed by atoms with Crippen molar-refractivity contribution in [3.8, 4) is 0 Å². The van der Waals surface area contributed by atoms with Crippen LogP contribution in [0.15, 0.2) is 24.3 Å². The Labute approximate surface area is 239 Å². The Morgan fingerprint density at radius 1 is 0.900 bits per heavy atom. The van der Waals surface area contributed by atoms with Crippen LogP contribution in [-0.4, -0.2) is 28.5 Å². The van der Waals surface area contributed by atoms with Crippen LogP contribution in [0, 0.1) is 45.3 Å². The molecule has 1 heterocycles. The van der Waals surface area contributed by atoms with E-state index in [1.165, 1.54) is 42.3 Å². The monoisotopic (exact) mass is 544 g/mol. The van der Waals surface area contributed by atoms with Crippen LogP contribution in [0.1, 0.15) is 104 Å². The molecule has 5 aliphatic carbocycles. The summed E-state index contributed by atoms with van der Waals surface area (Å²) in [6, 6.07) is 8.91. The fourth-order valence-electron chi connectivity index (χ4n) is 12.6. The molecule has 3 N–H and O–H groups in total. The number of H-pyrrole nitrogens is 1. The number of nitrogens with one attached hydrogen (secondary N) is 2. The van der Waals surface area contributed by atoms with Gasteiger partial charge in [-0.05, 0) is 109 Å². The van der Waals surface area contributed by atoms with Crippen molar-refractivity contribution >= 4 is 22.8 Å². The van der Waals surface area contributed by atoms with E-state index in [4.69, 9.17) is 0 Å². The van der Waals surface area contributed by atoms with Crippen LogP contribution < -0.4 is 5.32 Å². The predicted molar refractivity (Wildman–Crippen MR) is 158 cm³/mol. The number of para-hydroxylation sites is 1. The summed E-state index contributed by atoms with van der Waals surface area (Å²) in [5.41, 5.74) is 4.75. The highest BCUT2D eigenvalue weighted by Gasteiger charge is 2.70. The summed E-state index contributed by atoms with van der Waals surface area (Å²) in [7, 11) is 0. The van der Waals surface area contributed by atoms with Crippen LogP contribution in [-0.2, 0) is 21.4 Å². The lowest BCUT2D eigenvalue weighted by Crippen LogP contribution is -2.66. The molecule has 216 valence electrons. The number of hydrogen-bond acceptors (Lipinski definition) is 2. The fraction of sp³-hybridized carbons (Fsp3) is 0.714. The molecule has 5 heteroatoms. The van der Waals surface area contributed by atoms with Gasteiger partial charge >= 0.3 is 5.97 Å². The van der Waals surface area contributed by atoms with E-state index in [1.54, 1.807) is 5.56 Å². The summed E-state index contributed by atoms with van der Waals surface area (Å²) in [6.07, 6.45) is 11.3. The maximum absolute atomic E-state index is 13.6. The van der Waals surface area contributed by atoms with Crippen molar-refractivity contribution < 1.29 is 14.7 Å². The summed E-state index contributed by atoms with van der Waals surface area (Å²) in [6.45, 7) is 12.6. The van der Waals surface area contributed by atoms with Crippen molar-refractivity contribution in [1.82, 2.24) is 10.3 Å². The third-order valence-corrected chi connectivity index (χ3v) is 14.4.